The number of aromatic nitrogens is 3. The molecule has 0 atom stereocenters. The van der Waals surface area contributed by atoms with Gasteiger partial charge < -0.3 is 0 Å². The van der Waals surface area contributed by atoms with Crippen LogP contribution in [0.3, 0.4) is 0 Å². The fourth-order valence-electron chi connectivity index (χ4n) is 8.55. The van der Waals surface area contributed by atoms with E-state index in [0.717, 1.165) is 27.6 Å². The summed E-state index contributed by atoms with van der Waals surface area (Å²) in [5.41, 5.74) is 10.7. The van der Waals surface area contributed by atoms with Crippen molar-refractivity contribution in [3.8, 4) is 28.3 Å². The van der Waals surface area contributed by atoms with Gasteiger partial charge in [0.15, 0.2) is 0 Å². The van der Waals surface area contributed by atoms with Crippen molar-refractivity contribution in [2.45, 2.75) is 29.1 Å². The molecule has 0 radical (unpaired) electrons. The first-order valence-electron chi connectivity index (χ1n) is 16.2. The average Bonchev–Trinajstić information content (AvgIpc) is 3.56. The molecule has 0 saturated heterocycles. The average molecular weight is 618 g/mol. The lowest BCUT2D eigenvalue weighted by molar-refractivity contribution is 0.667. The summed E-state index contributed by atoms with van der Waals surface area (Å²) in [7, 11) is 0. The second-order valence-corrected chi connectivity index (χ2v) is 14.4. The third-order valence-electron chi connectivity index (χ3n) is 10.5. The van der Waals surface area contributed by atoms with Crippen LogP contribution in [0.15, 0.2) is 137 Å². The number of nitrogens with zero attached hydrogens (tertiary/aromatic N) is 3. The molecule has 0 spiro atoms. The Hall–Kier alpha value is -5.45. The largest absolute Gasteiger partial charge is 0.278 e. The molecule has 2 aliphatic rings. The molecule has 220 valence electrons. The van der Waals surface area contributed by atoms with Crippen molar-refractivity contribution in [2.24, 2.45) is 0 Å². The lowest BCUT2D eigenvalue weighted by Crippen LogP contribution is -2.16. The summed E-state index contributed by atoms with van der Waals surface area (Å²) in [6.45, 7) is 4.79. The van der Waals surface area contributed by atoms with Gasteiger partial charge in [-0.3, -0.25) is 4.57 Å². The van der Waals surface area contributed by atoms with Gasteiger partial charge in [-0.15, -0.1) is 0 Å². The molecule has 7 aromatic carbocycles. The fourth-order valence-corrected chi connectivity index (χ4v) is 9.66. The van der Waals surface area contributed by atoms with Gasteiger partial charge in [0, 0.05) is 36.9 Å². The molecular weight excluding hydrogens is 591 g/mol. The second kappa shape index (κ2) is 8.87. The Morgan fingerprint density at radius 3 is 2.09 bits per heavy atom. The van der Waals surface area contributed by atoms with Gasteiger partial charge in [0.1, 0.15) is 0 Å². The predicted octanol–water partition coefficient (Wildman–Crippen LogP) is 11.5. The monoisotopic (exact) mass is 617 g/mol. The maximum Gasteiger partial charge on any atom is 0.235 e. The number of hydrogen-bond donors (Lipinski definition) is 0. The first kappa shape index (κ1) is 25.7. The minimum atomic E-state index is -0.203. The summed E-state index contributed by atoms with van der Waals surface area (Å²) in [5.74, 6) is 0.710. The Balaban J connectivity index is 1.27. The van der Waals surface area contributed by atoms with Crippen molar-refractivity contribution in [2.75, 3.05) is 0 Å². The molecule has 0 bridgehead atoms. The van der Waals surface area contributed by atoms with Gasteiger partial charge in [-0.05, 0) is 80.2 Å². The molecule has 0 saturated carbocycles. The van der Waals surface area contributed by atoms with Gasteiger partial charge in [0.05, 0.1) is 22.2 Å². The minimum absolute atomic E-state index is 0.203. The van der Waals surface area contributed by atoms with Crippen molar-refractivity contribution in [1.29, 1.82) is 0 Å². The van der Waals surface area contributed by atoms with Gasteiger partial charge in [0.25, 0.3) is 0 Å². The third kappa shape index (κ3) is 3.23. The molecule has 1 aliphatic heterocycles. The smallest absolute Gasteiger partial charge is 0.235 e. The lowest BCUT2D eigenvalue weighted by Gasteiger charge is -2.24. The van der Waals surface area contributed by atoms with E-state index in [1.54, 1.807) is 11.8 Å². The van der Waals surface area contributed by atoms with Crippen LogP contribution in [-0.2, 0) is 5.41 Å². The molecule has 0 N–H and O–H groups in total. The highest BCUT2D eigenvalue weighted by atomic mass is 32.2. The van der Waals surface area contributed by atoms with Crippen LogP contribution in [0, 0.1) is 0 Å². The van der Waals surface area contributed by atoms with Crippen LogP contribution in [0.5, 0.6) is 0 Å². The molecule has 0 fully saturated rings. The summed E-state index contributed by atoms with van der Waals surface area (Å²) >= 11 is 1.81. The Kier molecular flexibility index (Phi) is 4.85. The third-order valence-corrected chi connectivity index (χ3v) is 11.7. The number of fused-ring (bicyclic) bond motifs is 13. The Bertz CT molecular complexity index is 2860. The molecule has 0 unspecified atom stereocenters. The van der Waals surface area contributed by atoms with Gasteiger partial charge in [-0.2, -0.15) is 0 Å². The van der Waals surface area contributed by atoms with Crippen molar-refractivity contribution < 1.29 is 0 Å². The zero-order chi connectivity index (χ0) is 31.0. The number of para-hydroxylation sites is 1. The van der Waals surface area contributed by atoms with E-state index in [4.69, 9.17) is 9.97 Å². The first-order valence-corrected chi connectivity index (χ1v) is 17.0. The maximum absolute atomic E-state index is 5.41. The number of hydrogen-bond acceptors (Lipinski definition) is 3. The highest BCUT2D eigenvalue weighted by Crippen LogP contribution is 2.56. The van der Waals surface area contributed by atoms with Crippen LogP contribution in [0.1, 0.15) is 25.0 Å². The van der Waals surface area contributed by atoms with E-state index in [0.29, 0.717) is 5.95 Å². The molecule has 3 nitrogen and oxygen atoms in total. The van der Waals surface area contributed by atoms with E-state index in [9.17, 15) is 0 Å². The van der Waals surface area contributed by atoms with Gasteiger partial charge >= 0.3 is 0 Å². The quantitative estimate of drug-likeness (QED) is 0.172. The Morgan fingerprint density at radius 2 is 1.23 bits per heavy atom. The fraction of sp³-hybridized carbons (Fsp3) is 0.0698. The Morgan fingerprint density at radius 1 is 0.553 bits per heavy atom. The topological polar surface area (TPSA) is 30.7 Å². The maximum atomic E-state index is 5.41. The van der Waals surface area contributed by atoms with Crippen LogP contribution in [-0.4, -0.2) is 14.5 Å². The van der Waals surface area contributed by atoms with Gasteiger partial charge in [-0.1, -0.05) is 117 Å². The van der Waals surface area contributed by atoms with E-state index < -0.39 is 0 Å². The van der Waals surface area contributed by atoms with Crippen LogP contribution < -0.4 is 0 Å². The Labute approximate surface area is 275 Å². The van der Waals surface area contributed by atoms with E-state index in [1.165, 1.54) is 69.9 Å². The predicted molar refractivity (Wildman–Crippen MR) is 196 cm³/mol. The molecule has 3 heterocycles. The van der Waals surface area contributed by atoms with Crippen molar-refractivity contribution in [1.82, 2.24) is 14.5 Å². The van der Waals surface area contributed by atoms with Crippen molar-refractivity contribution >= 4 is 66.0 Å². The SMILES string of the molecule is CC1(C)c2cc3c(cc2-c2c1c1ccccc1c1ccccc21)c1ccccc1n3-c1nc2c3c(cccc3n1)Sc1ccccc1-2. The molecule has 1 aliphatic carbocycles. The van der Waals surface area contributed by atoms with Gasteiger partial charge in [0.2, 0.25) is 5.95 Å². The van der Waals surface area contributed by atoms with Crippen molar-refractivity contribution in [3.63, 3.8) is 0 Å². The summed E-state index contributed by atoms with van der Waals surface area (Å²) < 4.78 is 2.30. The van der Waals surface area contributed by atoms with Crippen LogP contribution in [0.2, 0.25) is 0 Å². The summed E-state index contributed by atoms with van der Waals surface area (Å²) in [6.07, 6.45) is 0. The molecule has 47 heavy (non-hydrogen) atoms. The minimum Gasteiger partial charge on any atom is -0.278 e. The lowest BCUT2D eigenvalue weighted by atomic mass is 9.79. The standard InChI is InChI=1S/C43H27N3S/c1-43(2)32-23-35-30(22-31(32)38-27-15-5-3-12-24(27)25-13-4-6-16-28(25)40(38)43)26-14-7-9-19-34(26)46(35)42-44-33-18-11-21-37-39(33)41(45-42)29-17-8-10-20-36(29)47-37/h3-23H,1-2H3. The molecule has 4 heteroatoms. The van der Waals surface area contributed by atoms with E-state index in [2.05, 4.69) is 146 Å². The highest BCUT2D eigenvalue weighted by molar-refractivity contribution is 7.99. The normalized spacial score (nSPS) is 14.3. The summed E-state index contributed by atoms with van der Waals surface area (Å²) in [5, 5.41) is 8.86. The number of benzene rings is 7. The van der Waals surface area contributed by atoms with Gasteiger partial charge in [-0.25, -0.2) is 9.97 Å². The molecule has 11 rings (SSSR count). The molecule has 2 aromatic heterocycles. The number of rotatable bonds is 1. The van der Waals surface area contributed by atoms with E-state index in [-0.39, 0.29) is 5.41 Å². The van der Waals surface area contributed by atoms with E-state index >= 15 is 0 Å². The second-order valence-electron chi connectivity index (χ2n) is 13.4. The molecule has 9 aromatic rings. The zero-order valence-electron chi connectivity index (χ0n) is 25.9. The van der Waals surface area contributed by atoms with Crippen LogP contribution >= 0.6 is 11.8 Å². The molecule has 0 amide bonds. The van der Waals surface area contributed by atoms with E-state index in [1.807, 2.05) is 0 Å². The molecular formula is C43H27N3S. The summed E-state index contributed by atoms with van der Waals surface area (Å²) in [4.78, 5) is 13.1. The van der Waals surface area contributed by atoms with Crippen molar-refractivity contribution in [3.05, 3.63) is 139 Å². The zero-order valence-corrected chi connectivity index (χ0v) is 26.7. The first-order chi connectivity index (χ1) is 23.1. The highest BCUT2D eigenvalue weighted by Gasteiger charge is 2.39. The summed E-state index contributed by atoms with van der Waals surface area (Å²) in [6, 6.07) is 46.5. The van der Waals surface area contributed by atoms with Crippen LogP contribution in [0.4, 0.5) is 0 Å². The van der Waals surface area contributed by atoms with Crippen LogP contribution in [0.25, 0.3) is 82.6 Å².